The van der Waals surface area contributed by atoms with Crippen LogP contribution >= 0.6 is 24.0 Å². The molecular formula is C20H26Cl2N2O. The average Bonchev–Trinajstić information content (AvgIpc) is 2.59. The van der Waals surface area contributed by atoms with Gasteiger partial charge in [0, 0.05) is 36.1 Å². The number of nitrogen functional groups attached to an aromatic ring is 1. The molecule has 2 aromatic carbocycles. The van der Waals surface area contributed by atoms with Gasteiger partial charge in [-0.1, -0.05) is 48.9 Å². The molecule has 2 N–H and O–H groups in total. The zero-order valence-corrected chi connectivity index (χ0v) is 16.5. The van der Waals surface area contributed by atoms with Gasteiger partial charge in [-0.3, -0.25) is 4.79 Å². The van der Waals surface area contributed by atoms with Gasteiger partial charge in [-0.15, -0.1) is 12.4 Å². The van der Waals surface area contributed by atoms with Crippen LogP contribution in [0, 0.1) is 0 Å². The molecule has 0 bridgehead atoms. The van der Waals surface area contributed by atoms with E-state index in [4.69, 9.17) is 17.3 Å². The fourth-order valence-corrected chi connectivity index (χ4v) is 2.91. The summed E-state index contributed by atoms with van der Waals surface area (Å²) in [4.78, 5) is 14.4. The van der Waals surface area contributed by atoms with Crippen molar-refractivity contribution in [1.82, 2.24) is 4.90 Å². The Labute approximate surface area is 161 Å². The van der Waals surface area contributed by atoms with E-state index in [0.717, 1.165) is 16.3 Å². The van der Waals surface area contributed by atoms with Gasteiger partial charge in [0.1, 0.15) is 0 Å². The van der Waals surface area contributed by atoms with E-state index in [1.165, 1.54) is 5.56 Å². The number of rotatable bonds is 6. The number of carbonyl (C=O) groups is 1. The number of hydrogen-bond acceptors (Lipinski definition) is 2. The second-order valence-electron chi connectivity index (χ2n) is 6.28. The van der Waals surface area contributed by atoms with Crippen molar-refractivity contribution in [2.24, 2.45) is 0 Å². The Morgan fingerprint density at radius 1 is 1.12 bits per heavy atom. The molecule has 0 spiro atoms. The summed E-state index contributed by atoms with van der Waals surface area (Å²) in [5, 5.41) is 0.725. The van der Waals surface area contributed by atoms with E-state index < -0.39 is 0 Å². The quantitative estimate of drug-likeness (QED) is 0.722. The van der Waals surface area contributed by atoms with Crippen LogP contribution in [0.15, 0.2) is 48.5 Å². The number of nitrogens with zero attached hydrogens (tertiary/aromatic N) is 1. The normalized spacial score (nSPS) is 12.8. The highest BCUT2D eigenvalue weighted by molar-refractivity contribution is 6.30. The highest BCUT2D eigenvalue weighted by atomic mass is 35.5. The smallest absolute Gasteiger partial charge is 0.222 e. The molecule has 5 heteroatoms. The number of benzene rings is 2. The first-order valence-corrected chi connectivity index (χ1v) is 8.62. The Bertz CT molecular complexity index is 688. The molecule has 2 rings (SSSR count). The fraction of sp³-hybridized carbons (Fsp3) is 0.350. The summed E-state index contributed by atoms with van der Waals surface area (Å²) >= 11 is 5.95. The fourth-order valence-electron chi connectivity index (χ4n) is 2.79. The van der Waals surface area contributed by atoms with Crippen molar-refractivity contribution in [2.75, 3.05) is 12.8 Å². The molecule has 2 atom stereocenters. The maximum Gasteiger partial charge on any atom is 0.222 e. The molecule has 3 nitrogen and oxygen atoms in total. The van der Waals surface area contributed by atoms with E-state index in [1.54, 1.807) is 0 Å². The molecule has 1 amide bonds. The number of anilines is 1. The number of carbonyl (C=O) groups excluding carboxylic acids is 1. The highest BCUT2D eigenvalue weighted by Gasteiger charge is 2.22. The molecule has 136 valence electrons. The highest BCUT2D eigenvalue weighted by Crippen LogP contribution is 2.24. The van der Waals surface area contributed by atoms with Crippen molar-refractivity contribution < 1.29 is 4.79 Å². The van der Waals surface area contributed by atoms with Crippen LogP contribution in [0.25, 0.3) is 0 Å². The van der Waals surface area contributed by atoms with Crippen LogP contribution in [0.2, 0.25) is 5.02 Å². The predicted molar refractivity (Wildman–Crippen MR) is 109 cm³/mol. The van der Waals surface area contributed by atoms with Gasteiger partial charge in [0.2, 0.25) is 5.91 Å². The van der Waals surface area contributed by atoms with E-state index >= 15 is 0 Å². The Morgan fingerprint density at radius 2 is 1.72 bits per heavy atom. The maximum atomic E-state index is 12.5. The molecule has 2 unspecified atom stereocenters. The van der Waals surface area contributed by atoms with Gasteiger partial charge in [-0.25, -0.2) is 0 Å². The largest absolute Gasteiger partial charge is 0.399 e. The van der Waals surface area contributed by atoms with Crippen LogP contribution in [-0.2, 0) is 11.2 Å². The lowest BCUT2D eigenvalue weighted by atomic mass is 9.93. The first kappa shape index (κ1) is 21.3. The van der Waals surface area contributed by atoms with Crippen LogP contribution in [0.1, 0.15) is 37.3 Å². The van der Waals surface area contributed by atoms with E-state index in [2.05, 4.69) is 13.8 Å². The third-order valence-corrected chi connectivity index (χ3v) is 5.04. The number of amides is 1. The van der Waals surface area contributed by atoms with Crippen molar-refractivity contribution in [3.05, 3.63) is 64.7 Å². The molecule has 25 heavy (non-hydrogen) atoms. The minimum absolute atomic E-state index is 0. The molecule has 0 fully saturated rings. The van der Waals surface area contributed by atoms with E-state index in [9.17, 15) is 4.79 Å². The molecule has 0 aliphatic heterocycles. The van der Waals surface area contributed by atoms with Crippen molar-refractivity contribution in [1.29, 1.82) is 0 Å². The predicted octanol–water partition coefficient (Wildman–Crippen LogP) is 4.93. The summed E-state index contributed by atoms with van der Waals surface area (Å²) in [5.41, 5.74) is 8.89. The lowest BCUT2D eigenvalue weighted by molar-refractivity contribution is -0.132. The molecular weight excluding hydrogens is 355 g/mol. The third-order valence-electron chi connectivity index (χ3n) is 4.79. The third kappa shape index (κ3) is 5.65. The van der Waals surface area contributed by atoms with Crippen molar-refractivity contribution >= 4 is 35.6 Å². The molecule has 0 saturated heterocycles. The Hall–Kier alpha value is -1.71. The van der Waals surface area contributed by atoms with E-state index in [-0.39, 0.29) is 30.3 Å². The Kier molecular flexibility index (Phi) is 8.27. The molecule has 0 heterocycles. The maximum absolute atomic E-state index is 12.5. The molecule has 2 aromatic rings. The number of aryl methyl sites for hydroxylation is 1. The summed E-state index contributed by atoms with van der Waals surface area (Å²) in [7, 11) is 1.87. The number of para-hydroxylation sites is 1. The Balaban J connectivity index is 0.00000312. The lowest BCUT2D eigenvalue weighted by Crippen LogP contribution is -2.38. The Morgan fingerprint density at radius 3 is 2.32 bits per heavy atom. The van der Waals surface area contributed by atoms with Crippen LogP contribution in [-0.4, -0.2) is 23.9 Å². The van der Waals surface area contributed by atoms with Crippen LogP contribution in [0.4, 0.5) is 5.69 Å². The van der Waals surface area contributed by atoms with Gasteiger partial charge in [0.05, 0.1) is 0 Å². The van der Waals surface area contributed by atoms with E-state index in [0.29, 0.717) is 12.8 Å². The van der Waals surface area contributed by atoms with Crippen LogP contribution < -0.4 is 5.73 Å². The van der Waals surface area contributed by atoms with Crippen molar-refractivity contribution in [3.63, 3.8) is 0 Å². The number of nitrogens with two attached hydrogens (primary N) is 1. The average molecular weight is 381 g/mol. The van der Waals surface area contributed by atoms with Gasteiger partial charge in [-0.2, -0.15) is 0 Å². The van der Waals surface area contributed by atoms with Gasteiger partial charge in [0.15, 0.2) is 0 Å². The standard InChI is InChI=1S/C20H25ClN2O.ClH/c1-14(16-8-11-18(21)12-9-16)15(2)23(3)20(24)13-10-17-6-4-5-7-19(17)22;/h4-9,11-12,14-15H,10,13,22H2,1-3H3;1H. The summed E-state index contributed by atoms with van der Waals surface area (Å²) in [5.74, 6) is 0.365. The second kappa shape index (κ2) is 9.69. The van der Waals surface area contributed by atoms with E-state index in [1.807, 2.05) is 60.5 Å². The first-order valence-electron chi connectivity index (χ1n) is 8.24. The second-order valence-corrected chi connectivity index (χ2v) is 6.72. The lowest BCUT2D eigenvalue weighted by Gasteiger charge is -2.30. The van der Waals surface area contributed by atoms with Crippen LogP contribution in [0.5, 0.6) is 0 Å². The summed E-state index contributed by atoms with van der Waals surface area (Å²) < 4.78 is 0. The topological polar surface area (TPSA) is 46.3 Å². The molecule has 0 aliphatic rings. The van der Waals surface area contributed by atoms with Crippen LogP contribution in [0.3, 0.4) is 0 Å². The molecule has 0 radical (unpaired) electrons. The number of likely N-dealkylation sites (N-methyl/N-ethyl adjacent to an activating group) is 1. The monoisotopic (exact) mass is 380 g/mol. The molecule has 0 aliphatic carbocycles. The minimum Gasteiger partial charge on any atom is -0.399 e. The first-order chi connectivity index (χ1) is 11.4. The van der Waals surface area contributed by atoms with Crippen molar-refractivity contribution in [2.45, 2.75) is 38.6 Å². The SMILES string of the molecule is CC(c1ccc(Cl)cc1)C(C)N(C)C(=O)CCc1ccccc1N.Cl. The molecule has 0 saturated carbocycles. The molecule has 0 aromatic heterocycles. The van der Waals surface area contributed by atoms with Gasteiger partial charge >= 0.3 is 0 Å². The van der Waals surface area contributed by atoms with Gasteiger partial charge in [-0.05, 0) is 42.7 Å². The minimum atomic E-state index is 0. The number of hydrogen-bond donors (Lipinski definition) is 1. The zero-order valence-electron chi connectivity index (χ0n) is 14.9. The number of halogens is 2. The summed E-state index contributed by atoms with van der Waals surface area (Å²) in [6.07, 6.45) is 1.13. The summed E-state index contributed by atoms with van der Waals surface area (Å²) in [6, 6.07) is 15.6. The zero-order chi connectivity index (χ0) is 17.7. The summed E-state index contributed by atoms with van der Waals surface area (Å²) in [6.45, 7) is 4.21. The van der Waals surface area contributed by atoms with Gasteiger partial charge < -0.3 is 10.6 Å². The van der Waals surface area contributed by atoms with Crippen molar-refractivity contribution in [3.8, 4) is 0 Å². The van der Waals surface area contributed by atoms with Gasteiger partial charge in [0.25, 0.3) is 0 Å².